The van der Waals surface area contributed by atoms with Crippen LogP contribution in [0.15, 0.2) is 60.7 Å². The predicted octanol–water partition coefficient (Wildman–Crippen LogP) is 2.53. The van der Waals surface area contributed by atoms with Crippen molar-refractivity contribution in [3.63, 3.8) is 0 Å². The van der Waals surface area contributed by atoms with Crippen LogP contribution >= 0.6 is 0 Å². The van der Waals surface area contributed by atoms with Gasteiger partial charge in [0.1, 0.15) is 0 Å². The molecule has 0 fully saturated rings. The lowest BCUT2D eigenvalue weighted by Gasteiger charge is -2.27. The zero-order chi connectivity index (χ0) is 22.5. The molecule has 32 heavy (non-hydrogen) atoms. The van der Waals surface area contributed by atoms with Gasteiger partial charge in [0.25, 0.3) is 11.8 Å². The number of nitrogens with one attached hydrogen (secondary N) is 1. The zero-order valence-corrected chi connectivity index (χ0v) is 17.5. The van der Waals surface area contributed by atoms with Crippen LogP contribution in [0, 0.1) is 0 Å². The monoisotopic (exact) mass is 429 g/mol. The van der Waals surface area contributed by atoms with Gasteiger partial charge in [-0.1, -0.05) is 54.6 Å². The number of nitrogens with zero attached hydrogens (tertiary/aromatic N) is 2. The fourth-order valence-corrected chi connectivity index (χ4v) is 3.77. The second-order valence-electron chi connectivity index (χ2n) is 7.58. The maximum atomic E-state index is 13.1. The summed E-state index contributed by atoms with van der Waals surface area (Å²) in [6, 6.07) is 15.7. The van der Waals surface area contributed by atoms with Gasteiger partial charge in [0.2, 0.25) is 11.8 Å². The molecule has 4 amide bonds. The Hall–Kier alpha value is -4.00. The summed E-state index contributed by atoms with van der Waals surface area (Å²) in [5, 5.41) is 2.71. The summed E-state index contributed by atoms with van der Waals surface area (Å²) in [6.07, 6.45) is 6.57. The average Bonchev–Trinajstić information content (AvgIpc) is 3.11. The van der Waals surface area contributed by atoms with E-state index in [0.29, 0.717) is 6.54 Å². The Bertz CT molecular complexity index is 1120. The maximum Gasteiger partial charge on any atom is 0.253 e. The van der Waals surface area contributed by atoms with Gasteiger partial charge in [-0.3, -0.25) is 24.1 Å². The van der Waals surface area contributed by atoms with E-state index in [1.54, 1.807) is 4.90 Å². The molecule has 0 saturated carbocycles. The minimum atomic E-state index is -0.414. The molecule has 1 N–H and O–H groups in total. The van der Waals surface area contributed by atoms with Gasteiger partial charge in [-0.15, -0.1) is 0 Å². The Morgan fingerprint density at radius 2 is 1.47 bits per heavy atom. The fraction of sp³-hybridized carbons (Fsp3) is 0.200. The third kappa shape index (κ3) is 4.67. The van der Waals surface area contributed by atoms with Crippen molar-refractivity contribution in [3.8, 4) is 0 Å². The number of hydrogen-bond donors (Lipinski definition) is 1. The van der Waals surface area contributed by atoms with E-state index in [2.05, 4.69) is 11.4 Å². The highest BCUT2D eigenvalue weighted by atomic mass is 16.2. The molecule has 2 heterocycles. The van der Waals surface area contributed by atoms with Gasteiger partial charge in [0, 0.05) is 38.1 Å². The topological polar surface area (TPSA) is 86.8 Å². The molecule has 0 radical (unpaired) electrons. The van der Waals surface area contributed by atoms with Crippen molar-refractivity contribution < 1.29 is 19.2 Å². The number of carbonyl (C=O) groups excluding carboxylic acids is 4. The smallest absolute Gasteiger partial charge is 0.253 e. The number of anilines is 1. The van der Waals surface area contributed by atoms with E-state index in [9.17, 15) is 19.2 Å². The summed E-state index contributed by atoms with van der Waals surface area (Å²) in [7, 11) is 0. The molecule has 0 atom stereocenters. The van der Waals surface area contributed by atoms with Gasteiger partial charge in [0.05, 0.1) is 12.2 Å². The third-order valence-electron chi connectivity index (χ3n) is 5.48. The second-order valence-corrected chi connectivity index (χ2v) is 7.58. The molecule has 0 spiro atoms. The lowest BCUT2D eigenvalue weighted by molar-refractivity contribution is -0.137. The van der Waals surface area contributed by atoms with Crippen LogP contribution < -0.4 is 10.2 Å². The first-order valence-corrected chi connectivity index (χ1v) is 10.5. The predicted molar refractivity (Wildman–Crippen MR) is 121 cm³/mol. The van der Waals surface area contributed by atoms with Crippen LogP contribution in [0.1, 0.15) is 29.5 Å². The molecule has 0 unspecified atom stereocenters. The summed E-state index contributed by atoms with van der Waals surface area (Å²) >= 11 is 0. The Morgan fingerprint density at radius 1 is 0.812 bits per heavy atom. The van der Waals surface area contributed by atoms with Crippen LogP contribution in [0.25, 0.3) is 12.2 Å². The molecule has 4 rings (SSSR count). The lowest BCUT2D eigenvalue weighted by atomic mass is 10.0. The molecule has 2 aromatic carbocycles. The first kappa shape index (κ1) is 21.2. The molecular weight excluding hydrogens is 406 g/mol. The second kappa shape index (κ2) is 9.43. The Labute approximate surface area is 186 Å². The van der Waals surface area contributed by atoms with E-state index < -0.39 is 11.8 Å². The van der Waals surface area contributed by atoms with E-state index >= 15 is 0 Å². The van der Waals surface area contributed by atoms with Crippen LogP contribution in [-0.4, -0.2) is 41.6 Å². The third-order valence-corrected chi connectivity index (χ3v) is 5.48. The van der Waals surface area contributed by atoms with Gasteiger partial charge >= 0.3 is 0 Å². The normalized spacial score (nSPS) is 14.6. The Kier molecular flexibility index (Phi) is 6.26. The molecule has 0 saturated heterocycles. The minimum Gasteiger partial charge on any atom is -0.356 e. The Morgan fingerprint density at radius 3 is 2.25 bits per heavy atom. The van der Waals surface area contributed by atoms with Crippen LogP contribution in [0.4, 0.5) is 5.69 Å². The van der Waals surface area contributed by atoms with E-state index in [-0.39, 0.29) is 37.7 Å². The maximum absolute atomic E-state index is 13.1. The zero-order valence-electron chi connectivity index (χ0n) is 17.5. The SMILES string of the molecule is O=C(CCN1C(=O)C=CC1=O)NCCC(=O)N1Cc2ccccc2C=Cc2ccccc21. The lowest BCUT2D eigenvalue weighted by Crippen LogP contribution is -2.37. The molecule has 7 heteroatoms. The summed E-state index contributed by atoms with van der Waals surface area (Å²) < 4.78 is 0. The highest BCUT2D eigenvalue weighted by molar-refractivity contribution is 6.13. The summed E-state index contributed by atoms with van der Waals surface area (Å²) in [6.45, 7) is 0.636. The molecule has 0 bridgehead atoms. The minimum absolute atomic E-state index is 0.00192. The van der Waals surface area contributed by atoms with E-state index in [1.165, 1.54) is 12.2 Å². The Balaban J connectivity index is 1.37. The highest BCUT2D eigenvalue weighted by Crippen LogP contribution is 2.29. The average molecular weight is 429 g/mol. The van der Waals surface area contributed by atoms with Crippen LogP contribution in [-0.2, 0) is 25.7 Å². The van der Waals surface area contributed by atoms with Crippen LogP contribution in [0.5, 0.6) is 0 Å². The number of amides is 4. The fourth-order valence-electron chi connectivity index (χ4n) is 3.77. The number of carbonyl (C=O) groups is 4. The van der Waals surface area contributed by atoms with Crippen molar-refractivity contribution in [1.29, 1.82) is 0 Å². The first-order chi connectivity index (χ1) is 15.5. The van der Waals surface area contributed by atoms with E-state index in [1.807, 2.05) is 54.6 Å². The largest absolute Gasteiger partial charge is 0.356 e. The molecule has 2 aromatic rings. The number of rotatable bonds is 6. The van der Waals surface area contributed by atoms with Gasteiger partial charge in [-0.05, 0) is 22.8 Å². The molecule has 162 valence electrons. The standard InChI is InChI=1S/C25H23N3O4/c29-22(14-16-27-23(30)11-12-24(27)31)26-15-13-25(32)28-17-20-7-2-1-5-18(20)9-10-19-6-3-4-8-21(19)28/h1-12H,13-17H2,(H,26,29). The van der Waals surface area contributed by atoms with Gasteiger partial charge in [0.15, 0.2) is 0 Å². The van der Waals surface area contributed by atoms with Crippen molar-refractivity contribution in [1.82, 2.24) is 10.2 Å². The van der Waals surface area contributed by atoms with Crippen molar-refractivity contribution in [3.05, 3.63) is 77.4 Å². The molecular formula is C25H23N3O4. The summed E-state index contributed by atoms with van der Waals surface area (Å²) in [4.78, 5) is 51.1. The van der Waals surface area contributed by atoms with Gasteiger partial charge in [-0.2, -0.15) is 0 Å². The van der Waals surface area contributed by atoms with Crippen molar-refractivity contribution in [2.24, 2.45) is 0 Å². The molecule has 2 aliphatic rings. The van der Waals surface area contributed by atoms with Crippen LogP contribution in [0.3, 0.4) is 0 Å². The molecule has 7 nitrogen and oxygen atoms in total. The molecule has 2 aliphatic heterocycles. The molecule has 0 aliphatic carbocycles. The van der Waals surface area contributed by atoms with Gasteiger partial charge < -0.3 is 10.2 Å². The number of imide groups is 1. The summed E-state index contributed by atoms with van der Waals surface area (Å²) in [5.74, 6) is -1.24. The summed E-state index contributed by atoms with van der Waals surface area (Å²) in [5.41, 5.74) is 3.89. The number of hydrogen-bond acceptors (Lipinski definition) is 4. The van der Waals surface area contributed by atoms with Crippen molar-refractivity contribution in [2.75, 3.05) is 18.0 Å². The van der Waals surface area contributed by atoms with Crippen molar-refractivity contribution in [2.45, 2.75) is 19.4 Å². The number of fused-ring (bicyclic) bond motifs is 2. The van der Waals surface area contributed by atoms with E-state index in [0.717, 1.165) is 27.3 Å². The highest BCUT2D eigenvalue weighted by Gasteiger charge is 2.24. The quantitative estimate of drug-likeness (QED) is 0.715. The van der Waals surface area contributed by atoms with Crippen LogP contribution in [0.2, 0.25) is 0 Å². The van der Waals surface area contributed by atoms with Crippen molar-refractivity contribution >= 4 is 41.5 Å². The first-order valence-electron chi connectivity index (χ1n) is 10.5. The van der Waals surface area contributed by atoms with Gasteiger partial charge in [-0.25, -0.2) is 0 Å². The van der Waals surface area contributed by atoms with E-state index in [4.69, 9.17) is 0 Å². The number of para-hydroxylation sites is 1. The number of benzene rings is 2. The molecule has 0 aromatic heterocycles.